The zero-order chi connectivity index (χ0) is 13.4. The maximum absolute atomic E-state index is 6.02. The minimum atomic E-state index is 0.522. The van der Waals surface area contributed by atoms with Gasteiger partial charge in [0.1, 0.15) is 5.82 Å². The summed E-state index contributed by atoms with van der Waals surface area (Å²) in [4.78, 5) is 9.06. The Kier molecular flexibility index (Phi) is 2.95. The summed E-state index contributed by atoms with van der Waals surface area (Å²) in [6.45, 7) is 5.41. The molecule has 19 heavy (non-hydrogen) atoms. The molecule has 2 N–H and O–H groups in total. The van der Waals surface area contributed by atoms with Gasteiger partial charge in [0.2, 0.25) is 0 Å². The lowest BCUT2D eigenvalue weighted by Crippen LogP contribution is -2.16. The number of anilines is 1. The number of rotatable bonds is 1. The number of aryl methyl sites for hydroxylation is 2. The van der Waals surface area contributed by atoms with Crippen LogP contribution >= 0.6 is 0 Å². The lowest BCUT2D eigenvalue weighted by molar-refractivity contribution is 0.109. The van der Waals surface area contributed by atoms with Gasteiger partial charge in [-0.15, -0.1) is 0 Å². The number of ether oxygens (including phenoxy) is 1. The topological polar surface area (TPSA) is 61.0 Å². The van der Waals surface area contributed by atoms with Crippen LogP contribution in [0.2, 0.25) is 0 Å². The van der Waals surface area contributed by atoms with Crippen molar-refractivity contribution < 1.29 is 4.74 Å². The van der Waals surface area contributed by atoms with Gasteiger partial charge in [0.05, 0.1) is 18.9 Å². The van der Waals surface area contributed by atoms with Gasteiger partial charge < -0.3 is 10.5 Å². The van der Waals surface area contributed by atoms with Gasteiger partial charge in [-0.25, -0.2) is 9.97 Å². The molecule has 0 spiro atoms. The van der Waals surface area contributed by atoms with Crippen molar-refractivity contribution in [2.24, 2.45) is 0 Å². The van der Waals surface area contributed by atoms with Gasteiger partial charge in [0.25, 0.3) is 0 Å². The molecule has 0 aliphatic carbocycles. The standard InChI is InChI=1S/C15H17N3O/c1-9-3-4-11(7-10(9)2)15-17-13-5-6-19-8-12(13)14(16)18-15/h3-4,7H,5-6,8H2,1-2H3,(H2,16,17,18). The van der Waals surface area contributed by atoms with Crippen molar-refractivity contribution in [3.8, 4) is 11.4 Å². The van der Waals surface area contributed by atoms with Crippen LogP contribution in [-0.2, 0) is 17.8 Å². The Balaban J connectivity index is 2.10. The third-order valence-electron chi connectivity index (χ3n) is 3.62. The van der Waals surface area contributed by atoms with Gasteiger partial charge >= 0.3 is 0 Å². The minimum absolute atomic E-state index is 0.522. The molecule has 1 aliphatic heterocycles. The third kappa shape index (κ3) is 2.19. The van der Waals surface area contributed by atoms with E-state index < -0.39 is 0 Å². The molecule has 0 saturated carbocycles. The molecule has 4 heteroatoms. The summed E-state index contributed by atoms with van der Waals surface area (Å²) in [5.74, 6) is 1.25. The number of hydrogen-bond acceptors (Lipinski definition) is 4. The van der Waals surface area contributed by atoms with E-state index in [9.17, 15) is 0 Å². The van der Waals surface area contributed by atoms with Crippen molar-refractivity contribution >= 4 is 5.82 Å². The molecule has 98 valence electrons. The van der Waals surface area contributed by atoms with E-state index in [0.29, 0.717) is 24.9 Å². The Hall–Kier alpha value is -1.94. The molecule has 0 fully saturated rings. The molecule has 1 aliphatic rings. The van der Waals surface area contributed by atoms with E-state index >= 15 is 0 Å². The van der Waals surface area contributed by atoms with Crippen LogP contribution in [0.1, 0.15) is 22.4 Å². The van der Waals surface area contributed by atoms with E-state index in [-0.39, 0.29) is 0 Å². The minimum Gasteiger partial charge on any atom is -0.383 e. The van der Waals surface area contributed by atoms with Crippen molar-refractivity contribution in [3.63, 3.8) is 0 Å². The molecule has 0 unspecified atom stereocenters. The maximum Gasteiger partial charge on any atom is 0.161 e. The Morgan fingerprint density at radius 2 is 2.00 bits per heavy atom. The number of benzene rings is 1. The van der Waals surface area contributed by atoms with E-state index in [4.69, 9.17) is 10.5 Å². The smallest absolute Gasteiger partial charge is 0.161 e. The van der Waals surface area contributed by atoms with E-state index in [1.807, 2.05) is 6.07 Å². The fraction of sp³-hybridized carbons (Fsp3) is 0.333. The van der Waals surface area contributed by atoms with E-state index in [0.717, 1.165) is 23.2 Å². The number of hydrogen-bond donors (Lipinski definition) is 1. The molecular formula is C15H17N3O. The molecule has 0 atom stereocenters. The highest BCUT2D eigenvalue weighted by Gasteiger charge is 2.17. The third-order valence-corrected chi connectivity index (χ3v) is 3.62. The van der Waals surface area contributed by atoms with E-state index in [1.54, 1.807) is 0 Å². The van der Waals surface area contributed by atoms with Crippen molar-refractivity contribution in [3.05, 3.63) is 40.6 Å². The summed E-state index contributed by atoms with van der Waals surface area (Å²) in [5.41, 5.74) is 11.5. The highest BCUT2D eigenvalue weighted by atomic mass is 16.5. The summed E-state index contributed by atoms with van der Waals surface area (Å²) in [6.07, 6.45) is 0.805. The predicted octanol–water partition coefficient (Wildman–Crippen LogP) is 2.42. The second-order valence-electron chi connectivity index (χ2n) is 4.96. The Bertz CT molecular complexity index is 638. The molecule has 4 nitrogen and oxygen atoms in total. The summed E-state index contributed by atoms with van der Waals surface area (Å²) >= 11 is 0. The molecule has 1 aromatic carbocycles. The van der Waals surface area contributed by atoms with Crippen LogP contribution in [0.15, 0.2) is 18.2 Å². The molecule has 2 aromatic rings. The quantitative estimate of drug-likeness (QED) is 0.850. The van der Waals surface area contributed by atoms with Gasteiger partial charge in [-0.3, -0.25) is 0 Å². The Morgan fingerprint density at radius 3 is 2.79 bits per heavy atom. The normalized spacial score (nSPS) is 14.2. The van der Waals surface area contributed by atoms with Crippen LogP contribution in [0.25, 0.3) is 11.4 Å². The zero-order valence-corrected chi connectivity index (χ0v) is 11.2. The number of fused-ring (bicyclic) bond motifs is 1. The summed E-state index contributed by atoms with van der Waals surface area (Å²) in [5, 5.41) is 0. The van der Waals surface area contributed by atoms with Crippen molar-refractivity contribution in [2.45, 2.75) is 26.9 Å². The average molecular weight is 255 g/mol. The molecule has 0 saturated heterocycles. The van der Waals surface area contributed by atoms with E-state index in [1.165, 1.54) is 11.1 Å². The lowest BCUT2D eigenvalue weighted by Gasteiger charge is -2.17. The van der Waals surface area contributed by atoms with Gasteiger partial charge in [-0.2, -0.15) is 0 Å². The monoisotopic (exact) mass is 255 g/mol. The molecule has 2 heterocycles. The molecule has 0 bridgehead atoms. The molecule has 0 amide bonds. The number of nitrogen functional groups attached to an aromatic ring is 1. The predicted molar refractivity (Wildman–Crippen MR) is 74.7 cm³/mol. The van der Waals surface area contributed by atoms with Gasteiger partial charge in [-0.05, 0) is 31.0 Å². The Labute approximate surface area is 112 Å². The van der Waals surface area contributed by atoms with Crippen LogP contribution in [0.3, 0.4) is 0 Å². The van der Waals surface area contributed by atoms with Gasteiger partial charge in [0, 0.05) is 17.5 Å². The lowest BCUT2D eigenvalue weighted by atomic mass is 10.1. The summed E-state index contributed by atoms with van der Waals surface area (Å²) < 4.78 is 5.40. The number of nitrogens with zero attached hydrogens (tertiary/aromatic N) is 2. The van der Waals surface area contributed by atoms with Crippen LogP contribution in [0.5, 0.6) is 0 Å². The molecule has 1 aromatic heterocycles. The summed E-state index contributed by atoms with van der Waals surface area (Å²) in [6, 6.07) is 6.24. The first kappa shape index (κ1) is 12.1. The van der Waals surface area contributed by atoms with Crippen LogP contribution in [0, 0.1) is 13.8 Å². The molecule has 0 radical (unpaired) electrons. The maximum atomic E-state index is 6.02. The van der Waals surface area contributed by atoms with Crippen molar-refractivity contribution in [1.29, 1.82) is 0 Å². The second kappa shape index (κ2) is 4.63. The highest BCUT2D eigenvalue weighted by molar-refractivity contribution is 5.60. The first-order valence-electron chi connectivity index (χ1n) is 6.46. The number of aromatic nitrogens is 2. The van der Waals surface area contributed by atoms with Crippen LogP contribution in [-0.4, -0.2) is 16.6 Å². The summed E-state index contributed by atoms with van der Waals surface area (Å²) in [7, 11) is 0. The Morgan fingerprint density at radius 1 is 1.16 bits per heavy atom. The second-order valence-corrected chi connectivity index (χ2v) is 4.96. The van der Waals surface area contributed by atoms with Gasteiger partial charge in [0.15, 0.2) is 5.82 Å². The van der Waals surface area contributed by atoms with Crippen molar-refractivity contribution in [1.82, 2.24) is 9.97 Å². The highest BCUT2D eigenvalue weighted by Crippen LogP contribution is 2.25. The number of nitrogens with two attached hydrogens (primary N) is 1. The van der Waals surface area contributed by atoms with Gasteiger partial charge in [-0.1, -0.05) is 12.1 Å². The zero-order valence-electron chi connectivity index (χ0n) is 11.2. The molecular weight excluding hydrogens is 238 g/mol. The first-order chi connectivity index (χ1) is 9.15. The largest absolute Gasteiger partial charge is 0.383 e. The van der Waals surface area contributed by atoms with Crippen LogP contribution < -0.4 is 5.73 Å². The average Bonchev–Trinajstić information content (AvgIpc) is 2.42. The fourth-order valence-corrected chi connectivity index (χ4v) is 2.27. The van der Waals surface area contributed by atoms with Crippen LogP contribution in [0.4, 0.5) is 5.82 Å². The van der Waals surface area contributed by atoms with E-state index in [2.05, 4.69) is 35.9 Å². The SMILES string of the molecule is Cc1ccc(-c2nc(N)c3c(n2)CCOC3)cc1C. The first-order valence-corrected chi connectivity index (χ1v) is 6.46. The molecule has 3 rings (SSSR count). The van der Waals surface area contributed by atoms with Crippen molar-refractivity contribution in [2.75, 3.05) is 12.3 Å². The fourth-order valence-electron chi connectivity index (χ4n) is 2.27.